The summed E-state index contributed by atoms with van der Waals surface area (Å²) in [4.78, 5) is 30.5. The number of para-hydroxylation sites is 1. The second kappa shape index (κ2) is 20.1. The fourth-order valence-electron chi connectivity index (χ4n) is 1.71. The Hall–Kier alpha value is -2.69. The number of nitrogens with two attached hydrogens (primary N) is 1. The molecule has 1 aromatic rings. The molecule has 0 aliphatic rings. The SMILES string of the molecule is CCOC(=O)CCCCCO.NCC(=O)O.O=C(O)[C@H](CO)Nc1ccccc1. The number of carboxylic acids is 2. The molecule has 0 saturated carbocycles. The number of hydrogen-bond acceptors (Lipinski definition) is 8. The number of hydrogen-bond donors (Lipinski definition) is 6. The van der Waals surface area contributed by atoms with Crippen LogP contribution in [0.25, 0.3) is 0 Å². The first-order valence-corrected chi connectivity index (χ1v) is 9.15. The largest absolute Gasteiger partial charge is 0.480 e. The number of anilines is 1. The first kappa shape index (κ1) is 28.5. The van der Waals surface area contributed by atoms with Crippen LogP contribution in [-0.2, 0) is 19.1 Å². The van der Waals surface area contributed by atoms with E-state index in [9.17, 15) is 14.4 Å². The van der Waals surface area contributed by atoms with E-state index in [-0.39, 0.29) is 19.1 Å². The third-order valence-corrected chi connectivity index (χ3v) is 3.11. The second-order valence-corrected chi connectivity index (χ2v) is 5.52. The summed E-state index contributed by atoms with van der Waals surface area (Å²) in [6, 6.07) is 7.95. The molecule has 10 heteroatoms. The van der Waals surface area contributed by atoms with Gasteiger partial charge in [0.2, 0.25) is 0 Å². The standard InChI is InChI=1S/C9H11NO3.C8H16O3.C2H5NO2/c11-6-8(9(12)13)10-7-4-2-1-3-5-7;1-2-11-8(10)6-4-3-5-7-9;3-1-2(4)5/h1-5,8,10-11H,6H2,(H,12,13);9H,2-7H2,1H3;1,3H2,(H,4,5)/t8-;;/m0../s1. The molecular formula is C19H32N2O8. The molecule has 1 atom stereocenters. The fourth-order valence-corrected chi connectivity index (χ4v) is 1.71. The second-order valence-electron chi connectivity index (χ2n) is 5.52. The number of aliphatic hydroxyl groups excluding tert-OH is 2. The van der Waals surface area contributed by atoms with Crippen molar-refractivity contribution in [2.24, 2.45) is 5.73 Å². The van der Waals surface area contributed by atoms with Gasteiger partial charge in [0.25, 0.3) is 0 Å². The zero-order chi connectivity index (χ0) is 22.5. The molecule has 0 unspecified atom stereocenters. The van der Waals surface area contributed by atoms with Crippen molar-refractivity contribution in [1.29, 1.82) is 0 Å². The zero-order valence-electron chi connectivity index (χ0n) is 16.6. The van der Waals surface area contributed by atoms with Gasteiger partial charge in [0, 0.05) is 18.7 Å². The molecule has 0 fully saturated rings. The molecule has 0 spiro atoms. The number of aliphatic hydroxyl groups is 2. The Balaban J connectivity index is 0. The van der Waals surface area contributed by atoms with Crippen LogP contribution in [0, 0.1) is 0 Å². The summed E-state index contributed by atoms with van der Waals surface area (Å²) in [7, 11) is 0. The number of rotatable bonds is 11. The Morgan fingerprint density at radius 2 is 1.66 bits per heavy atom. The lowest BCUT2D eigenvalue weighted by molar-refractivity contribution is -0.143. The molecule has 0 aliphatic heterocycles. The number of esters is 1. The minimum Gasteiger partial charge on any atom is -0.480 e. The van der Waals surface area contributed by atoms with Gasteiger partial charge in [-0.3, -0.25) is 9.59 Å². The molecule has 0 heterocycles. The lowest BCUT2D eigenvalue weighted by Gasteiger charge is -2.12. The highest BCUT2D eigenvalue weighted by Gasteiger charge is 2.14. The molecule has 1 rings (SSSR count). The van der Waals surface area contributed by atoms with Crippen LogP contribution in [0.15, 0.2) is 30.3 Å². The summed E-state index contributed by atoms with van der Waals surface area (Å²) in [5.41, 5.74) is 5.26. The van der Waals surface area contributed by atoms with E-state index in [1.807, 2.05) is 6.07 Å². The molecule has 0 amide bonds. The number of carbonyl (C=O) groups is 3. The maximum Gasteiger partial charge on any atom is 0.328 e. The highest BCUT2D eigenvalue weighted by atomic mass is 16.5. The number of nitrogens with one attached hydrogen (secondary N) is 1. The Morgan fingerprint density at radius 1 is 1.07 bits per heavy atom. The molecule has 0 radical (unpaired) electrons. The van der Waals surface area contributed by atoms with Crippen LogP contribution in [0.2, 0.25) is 0 Å². The molecular weight excluding hydrogens is 384 g/mol. The Kier molecular flexibility index (Phi) is 19.7. The quantitative estimate of drug-likeness (QED) is 0.222. The van der Waals surface area contributed by atoms with Crippen molar-refractivity contribution >= 4 is 23.6 Å². The number of benzene rings is 1. The van der Waals surface area contributed by atoms with Crippen LogP contribution in [0.5, 0.6) is 0 Å². The van der Waals surface area contributed by atoms with Crippen LogP contribution in [0.1, 0.15) is 32.6 Å². The van der Waals surface area contributed by atoms with E-state index in [0.717, 1.165) is 19.3 Å². The lowest BCUT2D eigenvalue weighted by atomic mass is 10.2. The molecule has 7 N–H and O–H groups in total. The van der Waals surface area contributed by atoms with E-state index in [4.69, 9.17) is 25.2 Å². The Morgan fingerprint density at radius 3 is 2.07 bits per heavy atom. The van der Waals surface area contributed by atoms with Gasteiger partial charge in [-0.2, -0.15) is 0 Å². The lowest BCUT2D eigenvalue weighted by Crippen LogP contribution is -2.32. The van der Waals surface area contributed by atoms with Gasteiger partial charge in [-0.05, 0) is 31.9 Å². The molecule has 0 aliphatic carbocycles. The van der Waals surface area contributed by atoms with Crippen LogP contribution in [0.4, 0.5) is 5.69 Å². The Bertz CT molecular complexity index is 554. The average Bonchev–Trinajstić information content (AvgIpc) is 2.71. The minimum absolute atomic E-state index is 0.134. The summed E-state index contributed by atoms with van der Waals surface area (Å²) >= 11 is 0. The van der Waals surface area contributed by atoms with Crippen LogP contribution in [-0.4, -0.2) is 70.7 Å². The summed E-state index contributed by atoms with van der Waals surface area (Å²) in [5.74, 6) is -2.17. The number of unbranched alkanes of at least 4 members (excludes halogenated alkanes) is 2. The maximum atomic E-state index is 10.7. The number of carboxylic acid groups (broad SMARTS) is 2. The van der Waals surface area contributed by atoms with Crippen molar-refractivity contribution in [2.45, 2.75) is 38.6 Å². The van der Waals surface area contributed by atoms with Crippen molar-refractivity contribution in [1.82, 2.24) is 0 Å². The molecule has 0 bridgehead atoms. The first-order chi connectivity index (χ1) is 13.8. The van der Waals surface area contributed by atoms with E-state index in [2.05, 4.69) is 11.1 Å². The van der Waals surface area contributed by atoms with Crippen molar-refractivity contribution in [2.75, 3.05) is 31.7 Å². The van der Waals surface area contributed by atoms with Crippen molar-refractivity contribution in [3.63, 3.8) is 0 Å². The van der Waals surface area contributed by atoms with Gasteiger partial charge in [-0.1, -0.05) is 24.6 Å². The van der Waals surface area contributed by atoms with E-state index >= 15 is 0 Å². The summed E-state index contributed by atoms with van der Waals surface area (Å²) in [6.45, 7) is 1.76. The first-order valence-electron chi connectivity index (χ1n) is 9.15. The van der Waals surface area contributed by atoms with Crippen molar-refractivity contribution < 1.29 is 39.5 Å². The maximum absolute atomic E-state index is 10.7. The predicted octanol–water partition coefficient (Wildman–Crippen LogP) is 0.676. The topological polar surface area (TPSA) is 179 Å². The van der Waals surface area contributed by atoms with Gasteiger partial charge in [-0.15, -0.1) is 0 Å². The fraction of sp³-hybridized carbons (Fsp3) is 0.526. The normalized spacial score (nSPS) is 10.3. The number of aliphatic carboxylic acids is 2. The smallest absolute Gasteiger partial charge is 0.328 e. The zero-order valence-corrected chi connectivity index (χ0v) is 16.6. The van der Waals surface area contributed by atoms with Crippen molar-refractivity contribution in [3.8, 4) is 0 Å². The molecule has 0 saturated heterocycles. The van der Waals surface area contributed by atoms with Gasteiger partial charge in [0.1, 0.15) is 6.04 Å². The molecule has 1 aromatic carbocycles. The highest BCUT2D eigenvalue weighted by molar-refractivity contribution is 5.77. The van der Waals surface area contributed by atoms with Crippen LogP contribution >= 0.6 is 0 Å². The van der Waals surface area contributed by atoms with Crippen LogP contribution in [0.3, 0.4) is 0 Å². The minimum atomic E-state index is -1.06. The molecule has 29 heavy (non-hydrogen) atoms. The third kappa shape index (κ3) is 19.9. The summed E-state index contributed by atoms with van der Waals surface area (Å²) in [5, 5.41) is 36.0. The van der Waals surface area contributed by atoms with Gasteiger partial charge in [0.05, 0.1) is 19.8 Å². The van der Waals surface area contributed by atoms with E-state index in [1.54, 1.807) is 31.2 Å². The van der Waals surface area contributed by atoms with Crippen LogP contribution < -0.4 is 11.1 Å². The number of ether oxygens (including phenoxy) is 1. The molecule has 0 aromatic heterocycles. The van der Waals surface area contributed by atoms with E-state index in [1.165, 1.54) is 0 Å². The van der Waals surface area contributed by atoms with E-state index < -0.39 is 24.6 Å². The van der Waals surface area contributed by atoms with E-state index in [0.29, 0.717) is 18.7 Å². The molecule has 10 nitrogen and oxygen atoms in total. The van der Waals surface area contributed by atoms with Gasteiger partial charge in [0.15, 0.2) is 0 Å². The highest BCUT2D eigenvalue weighted by Crippen LogP contribution is 2.06. The Labute approximate surface area is 170 Å². The monoisotopic (exact) mass is 416 g/mol. The summed E-state index contributed by atoms with van der Waals surface area (Å²) in [6.07, 6.45) is 2.97. The third-order valence-electron chi connectivity index (χ3n) is 3.11. The van der Waals surface area contributed by atoms with Gasteiger partial charge >= 0.3 is 17.9 Å². The summed E-state index contributed by atoms with van der Waals surface area (Å²) < 4.78 is 4.72. The van der Waals surface area contributed by atoms with Gasteiger partial charge < -0.3 is 36.2 Å². The average molecular weight is 416 g/mol. The van der Waals surface area contributed by atoms with Gasteiger partial charge in [-0.25, -0.2) is 4.79 Å². The van der Waals surface area contributed by atoms with Crippen molar-refractivity contribution in [3.05, 3.63) is 30.3 Å². The number of carbonyl (C=O) groups excluding carboxylic acids is 1. The molecule has 166 valence electrons. The predicted molar refractivity (Wildman–Crippen MR) is 107 cm³/mol.